The number of hydrogen-bond acceptors (Lipinski definition) is 6. The third-order valence-corrected chi connectivity index (χ3v) is 3.81. The first-order chi connectivity index (χ1) is 13.9. The van der Waals surface area contributed by atoms with Crippen molar-refractivity contribution in [3.8, 4) is 0 Å². The van der Waals surface area contributed by atoms with Crippen molar-refractivity contribution in [2.24, 2.45) is 0 Å². The lowest BCUT2D eigenvalue weighted by atomic mass is 10.2. The van der Waals surface area contributed by atoms with Crippen LogP contribution in [0.25, 0.3) is 0 Å². The number of alkyl carbamates (subject to hydrolysis) is 1. The lowest BCUT2D eigenvalue weighted by molar-refractivity contribution is -0.148. The molecule has 0 saturated heterocycles. The summed E-state index contributed by atoms with van der Waals surface area (Å²) in [5.74, 6) is -1.72. The minimum absolute atomic E-state index is 0.0972. The van der Waals surface area contributed by atoms with Crippen LogP contribution >= 0.6 is 0 Å². The number of rotatable bonds is 8. The number of ether oxygens (including phenoxy) is 2. The van der Waals surface area contributed by atoms with Crippen LogP contribution in [-0.4, -0.2) is 47.6 Å². The molecule has 1 rings (SSSR count). The molecule has 0 aromatic heterocycles. The highest BCUT2D eigenvalue weighted by Gasteiger charge is 2.25. The van der Waals surface area contributed by atoms with E-state index in [9.17, 15) is 19.2 Å². The minimum atomic E-state index is -0.926. The van der Waals surface area contributed by atoms with Gasteiger partial charge in [-0.15, -0.1) is 0 Å². The number of hydrogen-bond donors (Lipinski definition) is 3. The first kappa shape index (κ1) is 24.9. The van der Waals surface area contributed by atoms with E-state index in [1.165, 1.54) is 20.8 Å². The second-order valence-electron chi connectivity index (χ2n) is 7.92. The van der Waals surface area contributed by atoms with E-state index in [-0.39, 0.29) is 6.61 Å². The summed E-state index contributed by atoms with van der Waals surface area (Å²) in [6, 6.07) is 6.43. The largest absolute Gasteiger partial charge is 0.459 e. The molecule has 0 bridgehead atoms. The Bertz CT molecular complexity index is 745. The predicted molar refractivity (Wildman–Crippen MR) is 110 cm³/mol. The Balaban J connectivity index is 2.44. The van der Waals surface area contributed by atoms with Gasteiger partial charge < -0.3 is 25.4 Å². The summed E-state index contributed by atoms with van der Waals surface area (Å²) < 4.78 is 10.3. The molecule has 0 aliphatic rings. The summed E-state index contributed by atoms with van der Waals surface area (Å²) in [4.78, 5) is 48.2. The van der Waals surface area contributed by atoms with Gasteiger partial charge >= 0.3 is 12.1 Å². The van der Waals surface area contributed by atoms with Crippen molar-refractivity contribution in [2.75, 3.05) is 0 Å². The highest BCUT2D eigenvalue weighted by atomic mass is 16.6. The molecule has 9 nitrogen and oxygen atoms in total. The fourth-order valence-corrected chi connectivity index (χ4v) is 2.20. The van der Waals surface area contributed by atoms with Gasteiger partial charge in [-0.3, -0.25) is 9.59 Å². The molecule has 0 spiro atoms. The topological polar surface area (TPSA) is 123 Å². The molecule has 0 heterocycles. The van der Waals surface area contributed by atoms with Crippen LogP contribution in [0.15, 0.2) is 30.3 Å². The number of benzene rings is 1. The molecule has 3 amide bonds. The quantitative estimate of drug-likeness (QED) is 0.549. The van der Waals surface area contributed by atoms with Crippen LogP contribution in [0.5, 0.6) is 0 Å². The third-order valence-electron chi connectivity index (χ3n) is 3.81. The van der Waals surface area contributed by atoms with Crippen molar-refractivity contribution < 1.29 is 28.7 Å². The summed E-state index contributed by atoms with van der Waals surface area (Å²) >= 11 is 0. The second-order valence-corrected chi connectivity index (χ2v) is 7.92. The lowest BCUT2D eigenvalue weighted by Crippen LogP contribution is -2.54. The van der Waals surface area contributed by atoms with Gasteiger partial charge in [0.1, 0.15) is 30.3 Å². The van der Waals surface area contributed by atoms with Crippen LogP contribution in [0.4, 0.5) is 4.79 Å². The van der Waals surface area contributed by atoms with E-state index in [1.54, 1.807) is 20.8 Å². The highest BCUT2D eigenvalue weighted by Crippen LogP contribution is 2.07. The van der Waals surface area contributed by atoms with Crippen molar-refractivity contribution in [1.29, 1.82) is 0 Å². The number of amides is 3. The Kier molecular flexibility index (Phi) is 9.29. The van der Waals surface area contributed by atoms with E-state index >= 15 is 0 Å². The van der Waals surface area contributed by atoms with E-state index in [4.69, 9.17) is 9.47 Å². The van der Waals surface area contributed by atoms with Crippen LogP contribution < -0.4 is 16.0 Å². The van der Waals surface area contributed by atoms with E-state index in [0.29, 0.717) is 0 Å². The standard InChI is InChI=1S/C21H31N3O6/c1-13(22-18(26)14(2)24-20(28)30-21(4,5)6)17(25)23-15(3)19(27)29-12-16-10-8-7-9-11-16/h7-11,13-15H,12H2,1-6H3,(H,22,26)(H,23,25)(H,24,28)/t13-,14-,15-/m0/s1. The van der Waals surface area contributed by atoms with E-state index in [1.807, 2.05) is 30.3 Å². The average Bonchev–Trinajstić information content (AvgIpc) is 2.64. The maximum Gasteiger partial charge on any atom is 0.408 e. The summed E-state index contributed by atoms with van der Waals surface area (Å²) in [5, 5.41) is 7.36. The zero-order valence-electron chi connectivity index (χ0n) is 18.3. The first-order valence-electron chi connectivity index (χ1n) is 9.70. The summed E-state index contributed by atoms with van der Waals surface area (Å²) in [7, 11) is 0. The number of esters is 1. The summed E-state index contributed by atoms with van der Waals surface area (Å²) in [5.41, 5.74) is 0.134. The first-order valence-corrected chi connectivity index (χ1v) is 9.70. The Morgan fingerprint density at radius 1 is 0.833 bits per heavy atom. The molecule has 0 radical (unpaired) electrons. The molecule has 3 N–H and O–H groups in total. The Morgan fingerprint density at radius 3 is 1.87 bits per heavy atom. The maximum absolute atomic E-state index is 12.3. The van der Waals surface area contributed by atoms with E-state index in [0.717, 1.165) is 5.56 Å². The second kappa shape index (κ2) is 11.2. The van der Waals surface area contributed by atoms with Crippen LogP contribution in [0.1, 0.15) is 47.1 Å². The molecule has 0 saturated carbocycles. The van der Waals surface area contributed by atoms with Crippen LogP contribution in [0.3, 0.4) is 0 Å². The smallest absolute Gasteiger partial charge is 0.408 e. The Morgan fingerprint density at radius 2 is 1.33 bits per heavy atom. The fourth-order valence-electron chi connectivity index (χ4n) is 2.20. The van der Waals surface area contributed by atoms with Crippen molar-refractivity contribution in [3.05, 3.63) is 35.9 Å². The molecular weight excluding hydrogens is 390 g/mol. The highest BCUT2D eigenvalue weighted by molar-refractivity contribution is 5.92. The van der Waals surface area contributed by atoms with Gasteiger partial charge in [-0.05, 0) is 47.1 Å². The molecule has 1 aromatic rings. The van der Waals surface area contributed by atoms with Gasteiger partial charge in [0.15, 0.2) is 0 Å². The minimum Gasteiger partial charge on any atom is -0.459 e. The van der Waals surface area contributed by atoms with E-state index in [2.05, 4.69) is 16.0 Å². The van der Waals surface area contributed by atoms with Gasteiger partial charge in [-0.2, -0.15) is 0 Å². The van der Waals surface area contributed by atoms with Gasteiger partial charge in [-0.25, -0.2) is 9.59 Å². The molecule has 0 fully saturated rings. The van der Waals surface area contributed by atoms with Crippen molar-refractivity contribution in [1.82, 2.24) is 16.0 Å². The predicted octanol–water partition coefficient (Wildman–Crippen LogP) is 1.65. The zero-order chi connectivity index (χ0) is 22.9. The van der Waals surface area contributed by atoms with Crippen molar-refractivity contribution >= 4 is 23.9 Å². The molecular formula is C21H31N3O6. The van der Waals surface area contributed by atoms with Crippen LogP contribution in [0.2, 0.25) is 0 Å². The Hall–Kier alpha value is -3.10. The number of nitrogens with one attached hydrogen (secondary N) is 3. The summed E-state index contributed by atoms with van der Waals surface area (Å²) in [6.45, 7) is 9.64. The molecule has 30 heavy (non-hydrogen) atoms. The fraction of sp³-hybridized carbons (Fsp3) is 0.524. The molecule has 166 valence electrons. The lowest BCUT2D eigenvalue weighted by Gasteiger charge is -2.23. The number of carbonyl (C=O) groups excluding carboxylic acids is 4. The van der Waals surface area contributed by atoms with Crippen LogP contribution in [-0.2, 0) is 30.5 Å². The van der Waals surface area contributed by atoms with Gasteiger partial charge in [-0.1, -0.05) is 30.3 Å². The van der Waals surface area contributed by atoms with Crippen molar-refractivity contribution in [3.63, 3.8) is 0 Å². The Labute approximate surface area is 176 Å². The van der Waals surface area contributed by atoms with Gasteiger partial charge in [0.25, 0.3) is 0 Å². The number of carbonyl (C=O) groups is 4. The normalized spacial score (nSPS) is 13.9. The van der Waals surface area contributed by atoms with Crippen LogP contribution in [0, 0.1) is 0 Å². The monoisotopic (exact) mass is 421 g/mol. The molecule has 3 atom stereocenters. The molecule has 0 unspecified atom stereocenters. The van der Waals surface area contributed by atoms with Crippen molar-refractivity contribution in [2.45, 2.75) is 71.9 Å². The molecule has 9 heteroatoms. The SMILES string of the molecule is C[C@H](NC(=O)OC(C)(C)C)C(=O)N[C@@H](C)C(=O)N[C@@H](C)C(=O)OCc1ccccc1. The summed E-state index contributed by atoms with van der Waals surface area (Å²) in [6.07, 6.45) is -0.739. The van der Waals surface area contributed by atoms with Gasteiger partial charge in [0, 0.05) is 0 Å². The van der Waals surface area contributed by atoms with E-state index < -0.39 is 47.6 Å². The van der Waals surface area contributed by atoms with Gasteiger partial charge in [0.05, 0.1) is 0 Å². The molecule has 1 aromatic carbocycles. The average molecular weight is 421 g/mol. The maximum atomic E-state index is 12.3. The molecule has 0 aliphatic carbocycles. The van der Waals surface area contributed by atoms with Gasteiger partial charge in [0.2, 0.25) is 11.8 Å². The zero-order valence-corrected chi connectivity index (χ0v) is 18.3. The molecule has 0 aliphatic heterocycles. The third kappa shape index (κ3) is 9.40.